The molecule has 0 fully saturated rings. The largest absolute Gasteiger partial charge is 0.490 e. The van der Waals surface area contributed by atoms with Crippen LogP contribution in [0.2, 0.25) is 0 Å². The maximum atomic E-state index is 5.81. The minimum atomic E-state index is 0.608. The standard InChI is InChI=1S/C14H24N2O/c1-4-7-12(2)16(3)10-11-17-14-9-6-5-8-13(14)15/h5-6,8-9,12H,4,7,10-11,15H2,1-3H3. The molecule has 1 aromatic rings. The third-order valence-electron chi connectivity index (χ3n) is 3.08. The highest BCUT2D eigenvalue weighted by Gasteiger charge is 2.07. The first-order chi connectivity index (χ1) is 8.15. The van der Waals surface area contributed by atoms with E-state index in [1.54, 1.807) is 0 Å². The SMILES string of the molecule is CCCC(C)N(C)CCOc1ccccc1N. The van der Waals surface area contributed by atoms with Crippen molar-refractivity contribution >= 4 is 5.69 Å². The molecule has 1 rings (SSSR count). The Morgan fingerprint density at radius 3 is 2.71 bits per heavy atom. The van der Waals surface area contributed by atoms with Gasteiger partial charge in [-0.25, -0.2) is 0 Å². The van der Waals surface area contributed by atoms with Crippen LogP contribution in [0.1, 0.15) is 26.7 Å². The second-order valence-corrected chi connectivity index (χ2v) is 4.50. The topological polar surface area (TPSA) is 38.5 Å². The molecule has 0 saturated heterocycles. The summed E-state index contributed by atoms with van der Waals surface area (Å²) in [5, 5.41) is 0. The quantitative estimate of drug-likeness (QED) is 0.740. The molecule has 0 amide bonds. The molecular weight excluding hydrogens is 212 g/mol. The summed E-state index contributed by atoms with van der Waals surface area (Å²) < 4.78 is 5.67. The highest BCUT2D eigenvalue weighted by molar-refractivity contribution is 5.51. The Morgan fingerprint density at radius 1 is 1.35 bits per heavy atom. The molecule has 1 unspecified atom stereocenters. The van der Waals surface area contributed by atoms with E-state index < -0.39 is 0 Å². The third kappa shape index (κ3) is 4.65. The average molecular weight is 236 g/mol. The van der Waals surface area contributed by atoms with E-state index in [1.165, 1.54) is 12.8 Å². The van der Waals surface area contributed by atoms with Gasteiger partial charge in [-0.05, 0) is 32.5 Å². The predicted molar refractivity (Wildman–Crippen MR) is 73.3 cm³/mol. The van der Waals surface area contributed by atoms with Gasteiger partial charge in [0.05, 0.1) is 5.69 Å². The molecule has 3 nitrogen and oxygen atoms in total. The zero-order chi connectivity index (χ0) is 12.7. The lowest BCUT2D eigenvalue weighted by atomic mass is 10.2. The lowest BCUT2D eigenvalue weighted by Gasteiger charge is -2.24. The number of nitrogen functional groups attached to an aromatic ring is 1. The van der Waals surface area contributed by atoms with Gasteiger partial charge in [-0.15, -0.1) is 0 Å². The Hall–Kier alpha value is -1.22. The van der Waals surface area contributed by atoms with E-state index in [9.17, 15) is 0 Å². The molecule has 0 spiro atoms. The molecule has 1 aromatic carbocycles. The van der Waals surface area contributed by atoms with Crippen molar-refractivity contribution in [1.82, 2.24) is 4.90 Å². The number of hydrogen-bond acceptors (Lipinski definition) is 3. The van der Waals surface area contributed by atoms with E-state index in [0.717, 1.165) is 12.3 Å². The summed E-state index contributed by atoms with van der Waals surface area (Å²) in [6.45, 7) is 6.07. The number of rotatable bonds is 7. The number of hydrogen-bond donors (Lipinski definition) is 1. The van der Waals surface area contributed by atoms with Gasteiger partial charge >= 0.3 is 0 Å². The van der Waals surface area contributed by atoms with Crippen LogP contribution < -0.4 is 10.5 Å². The first-order valence-electron chi connectivity index (χ1n) is 6.32. The normalized spacial score (nSPS) is 12.7. The van der Waals surface area contributed by atoms with Crippen molar-refractivity contribution in [3.63, 3.8) is 0 Å². The van der Waals surface area contributed by atoms with E-state index >= 15 is 0 Å². The Labute approximate surface area is 105 Å². The summed E-state index contributed by atoms with van der Waals surface area (Å²) in [7, 11) is 2.14. The Morgan fingerprint density at radius 2 is 2.06 bits per heavy atom. The summed E-state index contributed by atoms with van der Waals surface area (Å²) >= 11 is 0. The molecule has 0 aliphatic carbocycles. The summed E-state index contributed by atoms with van der Waals surface area (Å²) in [5.74, 6) is 0.782. The fourth-order valence-electron chi connectivity index (χ4n) is 1.77. The summed E-state index contributed by atoms with van der Waals surface area (Å²) in [4.78, 5) is 2.32. The van der Waals surface area contributed by atoms with Crippen LogP contribution in [0.3, 0.4) is 0 Å². The zero-order valence-electron chi connectivity index (χ0n) is 11.1. The maximum Gasteiger partial charge on any atom is 0.142 e. The average Bonchev–Trinajstić information content (AvgIpc) is 2.31. The van der Waals surface area contributed by atoms with Crippen LogP contribution >= 0.6 is 0 Å². The predicted octanol–water partition coefficient (Wildman–Crippen LogP) is 2.77. The Kier molecular flexibility index (Phi) is 5.84. The second kappa shape index (κ2) is 7.17. The van der Waals surface area contributed by atoms with Gasteiger partial charge < -0.3 is 15.4 Å². The number of nitrogens with two attached hydrogens (primary N) is 1. The molecule has 0 bridgehead atoms. The van der Waals surface area contributed by atoms with Gasteiger partial charge in [-0.1, -0.05) is 25.5 Å². The van der Waals surface area contributed by atoms with Gasteiger partial charge in [0.1, 0.15) is 12.4 Å². The van der Waals surface area contributed by atoms with E-state index in [-0.39, 0.29) is 0 Å². The minimum Gasteiger partial charge on any atom is -0.490 e. The van der Waals surface area contributed by atoms with Crippen molar-refractivity contribution in [2.45, 2.75) is 32.7 Å². The molecule has 3 heteroatoms. The zero-order valence-corrected chi connectivity index (χ0v) is 11.1. The fraction of sp³-hybridized carbons (Fsp3) is 0.571. The Bertz CT molecular complexity index is 328. The molecule has 0 radical (unpaired) electrons. The van der Waals surface area contributed by atoms with E-state index in [1.807, 2.05) is 24.3 Å². The summed E-state index contributed by atoms with van der Waals surface area (Å²) in [6, 6.07) is 8.23. The van der Waals surface area contributed by atoms with Crippen LogP contribution in [0.25, 0.3) is 0 Å². The van der Waals surface area contributed by atoms with Crippen LogP contribution in [0.4, 0.5) is 5.69 Å². The molecule has 0 saturated carbocycles. The van der Waals surface area contributed by atoms with Crippen molar-refractivity contribution in [2.24, 2.45) is 0 Å². The van der Waals surface area contributed by atoms with E-state index in [0.29, 0.717) is 18.3 Å². The van der Waals surface area contributed by atoms with Crippen LogP contribution in [0, 0.1) is 0 Å². The first kappa shape index (κ1) is 13.8. The van der Waals surface area contributed by atoms with Gasteiger partial charge in [0.15, 0.2) is 0 Å². The first-order valence-corrected chi connectivity index (χ1v) is 6.32. The van der Waals surface area contributed by atoms with E-state index in [4.69, 9.17) is 10.5 Å². The number of ether oxygens (including phenoxy) is 1. The second-order valence-electron chi connectivity index (χ2n) is 4.50. The number of likely N-dealkylation sites (N-methyl/N-ethyl adjacent to an activating group) is 1. The molecule has 0 aromatic heterocycles. The monoisotopic (exact) mass is 236 g/mol. The van der Waals surface area contributed by atoms with Crippen molar-refractivity contribution in [3.8, 4) is 5.75 Å². The minimum absolute atomic E-state index is 0.608. The molecule has 96 valence electrons. The van der Waals surface area contributed by atoms with Crippen LogP contribution in [-0.2, 0) is 0 Å². The molecule has 0 aliphatic rings. The molecule has 17 heavy (non-hydrogen) atoms. The number of benzene rings is 1. The number of anilines is 1. The van der Waals surface area contributed by atoms with Crippen molar-refractivity contribution in [1.29, 1.82) is 0 Å². The van der Waals surface area contributed by atoms with Gasteiger partial charge in [0.2, 0.25) is 0 Å². The third-order valence-corrected chi connectivity index (χ3v) is 3.08. The highest BCUT2D eigenvalue weighted by Crippen LogP contribution is 2.19. The van der Waals surface area contributed by atoms with Crippen molar-refractivity contribution < 1.29 is 4.74 Å². The van der Waals surface area contributed by atoms with Crippen LogP contribution in [0.5, 0.6) is 5.75 Å². The van der Waals surface area contributed by atoms with Crippen LogP contribution in [0.15, 0.2) is 24.3 Å². The van der Waals surface area contributed by atoms with Gasteiger partial charge in [0, 0.05) is 12.6 Å². The smallest absolute Gasteiger partial charge is 0.142 e. The van der Waals surface area contributed by atoms with Gasteiger partial charge in [-0.3, -0.25) is 0 Å². The van der Waals surface area contributed by atoms with Gasteiger partial charge in [-0.2, -0.15) is 0 Å². The van der Waals surface area contributed by atoms with E-state index in [2.05, 4.69) is 25.8 Å². The lowest BCUT2D eigenvalue weighted by Crippen LogP contribution is -2.32. The summed E-state index contributed by atoms with van der Waals surface area (Å²) in [5.41, 5.74) is 6.51. The number of para-hydroxylation sites is 2. The molecule has 1 atom stereocenters. The molecular formula is C14H24N2O. The highest BCUT2D eigenvalue weighted by atomic mass is 16.5. The fourth-order valence-corrected chi connectivity index (χ4v) is 1.77. The summed E-state index contributed by atoms with van der Waals surface area (Å²) in [6.07, 6.45) is 2.45. The van der Waals surface area contributed by atoms with Crippen molar-refractivity contribution in [2.75, 3.05) is 25.9 Å². The molecule has 0 heterocycles. The van der Waals surface area contributed by atoms with Gasteiger partial charge in [0.25, 0.3) is 0 Å². The number of nitrogens with zero attached hydrogens (tertiary/aromatic N) is 1. The molecule has 0 aliphatic heterocycles. The Balaban J connectivity index is 2.30. The maximum absolute atomic E-state index is 5.81. The molecule has 2 N–H and O–H groups in total. The van der Waals surface area contributed by atoms with Crippen molar-refractivity contribution in [3.05, 3.63) is 24.3 Å². The lowest BCUT2D eigenvalue weighted by molar-refractivity contribution is 0.193. The van der Waals surface area contributed by atoms with Crippen LogP contribution in [-0.4, -0.2) is 31.1 Å².